The molecule has 30 heavy (non-hydrogen) atoms. The first-order valence-corrected chi connectivity index (χ1v) is 11.4. The van der Waals surface area contributed by atoms with Crippen molar-refractivity contribution in [3.8, 4) is 0 Å². The van der Waals surface area contributed by atoms with E-state index in [1.807, 2.05) is 50.4 Å². The highest BCUT2D eigenvalue weighted by atomic mass is 32.1. The fraction of sp³-hybridized carbons (Fsp3) is 0.500. The number of dihydropyridines is 1. The van der Waals surface area contributed by atoms with Crippen molar-refractivity contribution in [2.75, 3.05) is 26.8 Å². The van der Waals surface area contributed by atoms with Gasteiger partial charge in [0.15, 0.2) is 5.11 Å². The first-order chi connectivity index (χ1) is 14.7. The van der Waals surface area contributed by atoms with E-state index in [-0.39, 0.29) is 11.9 Å². The molecule has 0 radical (unpaired) electrons. The average Bonchev–Trinajstić information content (AvgIpc) is 2.81. The highest BCUT2D eigenvalue weighted by Crippen LogP contribution is 2.24. The van der Waals surface area contributed by atoms with Crippen molar-refractivity contribution in [2.45, 2.75) is 52.0 Å². The number of hydrogen-bond donors (Lipinski definition) is 2. The van der Waals surface area contributed by atoms with E-state index in [1.165, 1.54) is 17.6 Å². The minimum absolute atomic E-state index is 0.145. The Morgan fingerprint density at radius 1 is 1.27 bits per heavy atom. The molecule has 1 atom stereocenters. The number of thiocarbonyl (C=S) groups is 1. The maximum atomic E-state index is 12.7. The summed E-state index contributed by atoms with van der Waals surface area (Å²) < 4.78 is 5.08. The summed E-state index contributed by atoms with van der Waals surface area (Å²) in [5.41, 5.74) is 3.16. The van der Waals surface area contributed by atoms with Gasteiger partial charge >= 0.3 is 0 Å². The summed E-state index contributed by atoms with van der Waals surface area (Å²) in [5.74, 6) is -0.145. The van der Waals surface area contributed by atoms with Gasteiger partial charge in [0.05, 0.1) is 6.04 Å². The van der Waals surface area contributed by atoms with Crippen molar-refractivity contribution in [2.24, 2.45) is 0 Å². The molecule has 1 aromatic carbocycles. The Labute approximate surface area is 186 Å². The second kappa shape index (κ2) is 13.2. The number of likely N-dealkylation sites (tertiary alicyclic amines) is 1. The molecular weight excluding hydrogens is 394 g/mol. The first kappa shape index (κ1) is 24.1. The van der Waals surface area contributed by atoms with Crippen molar-refractivity contribution in [1.29, 1.82) is 0 Å². The van der Waals surface area contributed by atoms with E-state index in [2.05, 4.69) is 21.6 Å². The number of rotatable bonds is 6. The Bertz CT molecular complexity index is 743. The molecule has 0 aliphatic carbocycles. The molecule has 1 amide bonds. The molecular formula is C24H35N3O2S. The van der Waals surface area contributed by atoms with Crippen LogP contribution < -0.4 is 10.6 Å². The van der Waals surface area contributed by atoms with Gasteiger partial charge in [-0.1, -0.05) is 32.1 Å². The van der Waals surface area contributed by atoms with Crippen molar-refractivity contribution in [3.05, 3.63) is 59.3 Å². The van der Waals surface area contributed by atoms with Crippen molar-refractivity contribution in [1.82, 2.24) is 15.5 Å². The van der Waals surface area contributed by atoms with Crippen LogP contribution >= 0.6 is 12.2 Å². The molecule has 3 rings (SSSR count). The zero-order valence-corrected chi connectivity index (χ0v) is 19.3. The van der Waals surface area contributed by atoms with Crippen LogP contribution in [-0.2, 0) is 11.2 Å². The van der Waals surface area contributed by atoms with Gasteiger partial charge in [-0.15, -0.1) is 0 Å². The van der Waals surface area contributed by atoms with Gasteiger partial charge in [-0.2, -0.15) is 0 Å². The smallest absolute Gasteiger partial charge is 0.257 e. The fourth-order valence-corrected chi connectivity index (χ4v) is 4.06. The lowest BCUT2D eigenvalue weighted by atomic mass is 9.94. The minimum Gasteiger partial charge on any atom is -0.387 e. The third kappa shape index (κ3) is 6.96. The number of hydrogen-bond acceptors (Lipinski definition) is 4. The number of carbonyl (C=O) groups is 1. The summed E-state index contributed by atoms with van der Waals surface area (Å²) in [4.78, 5) is 14.8. The Morgan fingerprint density at radius 2 is 2.03 bits per heavy atom. The van der Waals surface area contributed by atoms with Gasteiger partial charge < -0.3 is 15.0 Å². The molecule has 0 aromatic heterocycles. The van der Waals surface area contributed by atoms with Crippen molar-refractivity contribution < 1.29 is 9.53 Å². The van der Waals surface area contributed by atoms with E-state index >= 15 is 0 Å². The van der Waals surface area contributed by atoms with Gasteiger partial charge in [0, 0.05) is 32.4 Å². The fourth-order valence-electron chi connectivity index (χ4n) is 3.75. The summed E-state index contributed by atoms with van der Waals surface area (Å²) in [6.45, 7) is 6.46. The number of ether oxygens (including phenoxy) is 1. The molecule has 2 heterocycles. The predicted octanol–water partition coefficient (Wildman–Crippen LogP) is 4.20. The Balaban J connectivity index is 0.00000155. The number of nitrogens with zero attached hydrogens (tertiary/aromatic N) is 1. The number of methoxy groups -OCH3 is 1. The molecule has 0 bridgehead atoms. The summed E-state index contributed by atoms with van der Waals surface area (Å²) in [5, 5.41) is 6.73. The van der Waals surface area contributed by atoms with Crippen LogP contribution in [0.1, 0.15) is 55.5 Å². The van der Waals surface area contributed by atoms with E-state index in [4.69, 9.17) is 17.0 Å². The monoisotopic (exact) mass is 429 g/mol. The second-order valence-corrected chi connectivity index (χ2v) is 7.63. The van der Waals surface area contributed by atoms with Gasteiger partial charge in [-0.05, 0) is 79.9 Å². The largest absolute Gasteiger partial charge is 0.387 e. The molecule has 5 nitrogen and oxygen atoms in total. The lowest BCUT2D eigenvalue weighted by molar-refractivity contribution is 0.0970. The molecule has 0 saturated carbocycles. The van der Waals surface area contributed by atoms with Gasteiger partial charge in [0.2, 0.25) is 0 Å². The van der Waals surface area contributed by atoms with E-state index in [9.17, 15) is 4.79 Å². The molecule has 1 saturated heterocycles. The van der Waals surface area contributed by atoms with Gasteiger partial charge in [0.25, 0.3) is 5.91 Å². The summed E-state index contributed by atoms with van der Waals surface area (Å²) in [7, 11) is 1.71. The normalized spacial score (nSPS) is 17.9. The number of amides is 1. The number of aryl methyl sites for hydroxylation is 1. The molecule has 2 aliphatic rings. The van der Waals surface area contributed by atoms with Crippen LogP contribution in [0.4, 0.5) is 0 Å². The molecule has 6 heteroatoms. The zero-order valence-electron chi connectivity index (χ0n) is 18.4. The quantitative estimate of drug-likeness (QED) is 0.524. The van der Waals surface area contributed by atoms with Crippen LogP contribution in [0.5, 0.6) is 0 Å². The average molecular weight is 430 g/mol. The highest BCUT2D eigenvalue weighted by Gasteiger charge is 2.28. The maximum Gasteiger partial charge on any atom is 0.257 e. The zero-order chi connectivity index (χ0) is 21.8. The summed E-state index contributed by atoms with van der Waals surface area (Å²) in [6, 6.07) is 7.99. The maximum absolute atomic E-state index is 12.7. The van der Waals surface area contributed by atoms with Crippen LogP contribution in [0.25, 0.3) is 0 Å². The number of carbonyl (C=O) groups excluding carboxylic acids is 1. The second-order valence-electron chi connectivity index (χ2n) is 7.24. The number of benzene rings is 1. The SMILES string of the molecule is CC.COCCCc1ccc(C(=O)NC(=S)N2CCCCC2C2=CC=CNC2)cc1. The first-order valence-electron chi connectivity index (χ1n) is 11.0. The molecule has 1 fully saturated rings. The van der Waals surface area contributed by atoms with Gasteiger partial charge in [-0.3, -0.25) is 10.1 Å². The standard InChI is InChI=1S/C22H29N3O2S.C2H6/c1-27-15-5-6-17-9-11-18(12-10-17)21(26)24-22(28)25-14-3-2-8-20(25)19-7-4-13-23-16-19;1-2/h4,7,9-13,20,23H,2-3,5-6,8,14-16H2,1H3,(H,24,26,28);1-2H3. The topological polar surface area (TPSA) is 53.6 Å². The van der Waals surface area contributed by atoms with E-state index < -0.39 is 0 Å². The lowest BCUT2D eigenvalue weighted by Gasteiger charge is -2.39. The van der Waals surface area contributed by atoms with Crippen LogP contribution in [0, 0.1) is 0 Å². The molecule has 2 N–H and O–H groups in total. The van der Waals surface area contributed by atoms with Gasteiger partial charge in [-0.25, -0.2) is 0 Å². The van der Waals surface area contributed by atoms with E-state index in [0.29, 0.717) is 10.7 Å². The summed E-state index contributed by atoms with van der Waals surface area (Å²) in [6.07, 6.45) is 11.4. The third-order valence-electron chi connectivity index (χ3n) is 5.27. The van der Waals surface area contributed by atoms with Gasteiger partial charge in [0.1, 0.15) is 0 Å². The minimum atomic E-state index is -0.145. The van der Waals surface area contributed by atoms with E-state index in [0.717, 1.165) is 45.4 Å². The van der Waals surface area contributed by atoms with Crippen molar-refractivity contribution >= 4 is 23.2 Å². The number of piperidine rings is 1. The molecule has 0 spiro atoms. The van der Waals surface area contributed by atoms with Crippen LogP contribution in [0.3, 0.4) is 0 Å². The lowest BCUT2D eigenvalue weighted by Crippen LogP contribution is -2.51. The summed E-state index contributed by atoms with van der Waals surface area (Å²) >= 11 is 5.61. The molecule has 1 unspecified atom stereocenters. The third-order valence-corrected chi connectivity index (χ3v) is 5.61. The predicted molar refractivity (Wildman–Crippen MR) is 128 cm³/mol. The van der Waals surface area contributed by atoms with Crippen LogP contribution in [-0.4, -0.2) is 48.8 Å². The molecule has 164 valence electrons. The van der Waals surface area contributed by atoms with Crippen molar-refractivity contribution in [3.63, 3.8) is 0 Å². The Kier molecular flexibility index (Phi) is 10.6. The number of nitrogens with one attached hydrogen (secondary N) is 2. The van der Waals surface area contributed by atoms with Crippen LogP contribution in [0.2, 0.25) is 0 Å². The Hall–Kier alpha value is -2.18. The van der Waals surface area contributed by atoms with E-state index in [1.54, 1.807) is 7.11 Å². The molecule has 1 aromatic rings. The molecule has 2 aliphatic heterocycles. The van der Waals surface area contributed by atoms with Crippen LogP contribution in [0.15, 0.2) is 48.2 Å². The number of allylic oxidation sites excluding steroid dienone is 2. The highest BCUT2D eigenvalue weighted by molar-refractivity contribution is 7.80. The Morgan fingerprint density at radius 3 is 2.70 bits per heavy atom.